The Morgan fingerprint density at radius 2 is 1.69 bits per heavy atom. The molecular weight excluding hydrogens is 666 g/mol. The van der Waals surface area contributed by atoms with E-state index in [4.69, 9.17) is 14.2 Å². The van der Waals surface area contributed by atoms with Gasteiger partial charge in [-0.15, -0.1) is 0 Å². The summed E-state index contributed by atoms with van der Waals surface area (Å²) in [6, 6.07) is -1.07. The maximum Gasteiger partial charge on any atom is 0.329 e. The molecule has 11 heteroatoms. The summed E-state index contributed by atoms with van der Waals surface area (Å²) in [4.78, 5) is 56.9. The molecule has 3 N–H and O–H groups in total. The number of nitrogens with zero attached hydrogens (tertiary/aromatic N) is 1. The molecule has 2 bridgehead atoms. The van der Waals surface area contributed by atoms with Gasteiger partial charge in [-0.2, -0.15) is 0 Å². The number of methoxy groups -OCH3 is 1. The Morgan fingerprint density at radius 3 is 2.38 bits per heavy atom. The molecule has 4 aliphatic rings. The van der Waals surface area contributed by atoms with Crippen molar-refractivity contribution in [3.63, 3.8) is 0 Å². The van der Waals surface area contributed by atoms with Crippen LogP contribution in [0.1, 0.15) is 125 Å². The molecule has 4 rings (SSSR count). The van der Waals surface area contributed by atoms with Crippen LogP contribution in [-0.4, -0.2) is 99.7 Å². The lowest BCUT2D eigenvalue weighted by atomic mass is 9.81. The highest BCUT2D eigenvalue weighted by Gasteiger charge is 2.52. The number of fused-ring (bicyclic) bond motifs is 3. The third-order valence-electron chi connectivity index (χ3n) is 12.3. The molecule has 1 amide bonds. The Bertz CT molecular complexity index is 1330. The molecular formula is C41H65NO10. The number of hydrogen-bond donors (Lipinski definition) is 3. The molecule has 2 saturated heterocycles. The van der Waals surface area contributed by atoms with Crippen LogP contribution in [0.4, 0.5) is 0 Å². The van der Waals surface area contributed by atoms with Crippen LogP contribution in [0.25, 0.3) is 0 Å². The van der Waals surface area contributed by atoms with Crippen LogP contribution in [0, 0.1) is 29.6 Å². The molecule has 1 aliphatic carbocycles. The number of ether oxygens (including phenoxy) is 3. The van der Waals surface area contributed by atoms with Crippen molar-refractivity contribution >= 4 is 23.4 Å². The van der Waals surface area contributed by atoms with E-state index in [2.05, 4.69) is 6.92 Å². The van der Waals surface area contributed by atoms with Gasteiger partial charge < -0.3 is 34.4 Å². The zero-order valence-corrected chi connectivity index (χ0v) is 32.6. The van der Waals surface area contributed by atoms with Crippen LogP contribution < -0.4 is 0 Å². The topological polar surface area (TPSA) is 160 Å². The Morgan fingerprint density at radius 1 is 0.981 bits per heavy atom. The number of amides is 1. The highest BCUT2D eigenvalue weighted by molar-refractivity contribution is 6.39. The molecule has 11 nitrogen and oxygen atoms in total. The summed E-state index contributed by atoms with van der Waals surface area (Å²) in [5.41, 5.74) is 1.76. The van der Waals surface area contributed by atoms with E-state index >= 15 is 0 Å². The van der Waals surface area contributed by atoms with E-state index < -0.39 is 65.7 Å². The molecule has 0 aromatic heterocycles. The summed E-state index contributed by atoms with van der Waals surface area (Å²) in [6.45, 7) is 11.6. The first kappa shape index (κ1) is 42.3. The quantitative estimate of drug-likeness (QED) is 0.199. The highest BCUT2D eigenvalue weighted by atomic mass is 16.6. The van der Waals surface area contributed by atoms with E-state index in [9.17, 15) is 34.5 Å². The zero-order chi connectivity index (χ0) is 38.3. The van der Waals surface area contributed by atoms with Crippen molar-refractivity contribution in [2.24, 2.45) is 29.6 Å². The van der Waals surface area contributed by atoms with Gasteiger partial charge in [0, 0.05) is 37.8 Å². The maximum atomic E-state index is 14.1. The van der Waals surface area contributed by atoms with Gasteiger partial charge in [0.25, 0.3) is 11.7 Å². The summed E-state index contributed by atoms with van der Waals surface area (Å²) in [6.07, 6.45) is 7.74. The number of rotatable bonds is 4. The lowest BCUT2D eigenvalue weighted by molar-refractivity contribution is -0.264. The van der Waals surface area contributed by atoms with Crippen molar-refractivity contribution in [3.05, 3.63) is 23.3 Å². The first-order valence-electron chi connectivity index (χ1n) is 19.8. The molecule has 0 radical (unpaired) electrons. The molecule has 3 aliphatic heterocycles. The lowest BCUT2D eigenvalue weighted by Crippen LogP contribution is -2.60. The van der Waals surface area contributed by atoms with Gasteiger partial charge in [-0.1, -0.05) is 45.4 Å². The summed E-state index contributed by atoms with van der Waals surface area (Å²) >= 11 is 0. The largest absolute Gasteiger partial charge is 0.456 e. The Hall–Kier alpha value is -2.44. The van der Waals surface area contributed by atoms with Crippen molar-refractivity contribution in [1.29, 1.82) is 0 Å². The van der Waals surface area contributed by atoms with E-state index in [-0.39, 0.29) is 49.0 Å². The van der Waals surface area contributed by atoms with Crippen molar-refractivity contribution in [1.82, 2.24) is 4.90 Å². The monoisotopic (exact) mass is 731 g/mol. The minimum atomic E-state index is -2.30. The number of aliphatic hydroxyl groups excluding tert-OH is 2. The van der Waals surface area contributed by atoms with E-state index in [0.717, 1.165) is 18.4 Å². The number of cyclic esters (lactones) is 1. The number of allylic oxidation sites excluding steroid dienone is 3. The summed E-state index contributed by atoms with van der Waals surface area (Å²) in [7, 11) is 1.57. The Kier molecular flexibility index (Phi) is 15.2. The van der Waals surface area contributed by atoms with Crippen molar-refractivity contribution in [3.8, 4) is 0 Å². The number of aliphatic hydroxyl groups is 3. The molecule has 3 heterocycles. The van der Waals surface area contributed by atoms with Crippen LogP contribution in [0.15, 0.2) is 23.3 Å². The average molecular weight is 732 g/mol. The normalized spacial score (nSPS) is 41.0. The first-order chi connectivity index (χ1) is 24.6. The number of esters is 1. The van der Waals surface area contributed by atoms with Crippen molar-refractivity contribution in [2.45, 2.75) is 167 Å². The van der Waals surface area contributed by atoms with E-state index in [0.29, 0.717) is 63.4 Å². The fourth-order valence-corrected chi connectivity index (χ4v) is 8.80. The van der Waals surface area contributed by atoms with Gasteiger partial charge in [-0.25, -0.2) is 4.79 Å². The average Bonchev–Trinajstić information content (AvgIpc) is 3.12. The summed E-state index contributed by atoms with van der Waals surface area (Å²) < 4.78 is 17.8. The second-order valence-electron chi connectivity index (χ2n) is 16.4. The second-order valence-corrected chi connectivity index (χ2v) is 16.4. The highest BCUT2D eigenvalue weighted by Crippen LogP contribution is 2.37. The molecule has 294 valence electrons. The van der Waals surface area contributed by atoms with E-state index in [1.54, 1.807) is 21.0 Å². The van der Waals surface area contributed by atoms with Crippen molar-refractivity contribution in [2.75, 3.05) is 13.7 Å². The molecule has 52 heavy (non-hydrogen) atoms. The maximum absolute atomic E-state index is 14.1. The molecule has 1 unspecified atom stereocenters. The molecule has 12 atom stereocenters. The van der Waals surface area contributed by atoms with Gasteiger partial charge in [0.05, 0.1) is 24.4 Å². The van der Waals surface area contributed by atoms with Gasteiger partial charge in [-0.3, -0.25) is 14.4 Å². The van der Waals surface area contributed by atoms with Gasteiger partial charge in [0.2, 0.25) is 5.79 Å². The minimum Gasteiger partial charge on any atom is -0.456 e. The number of Topliss-reactive ketones (excluding diaryl/α,β-unsaturated/α-hetero) is 2. The van der Waals surface area contributed by atoms with Gasteiger partial charge in [-0.05, 0) is 108 Å². The van der Waals surface area contributed by atoms with Crippen molar-refractivity contribution < 1.29 is 48.7 Å². The standard InChI is InChI=1S/C41H65NO10/c1-8-30-20-25(3)19-24(2)12-15-31-16-13-27(5)41(49,52-31)38(46)39(47)42-18-10-9-11-32(42)40(48)51-37(28(6)34(44)23-35(30)45)26(4)21-29-14-17-33(43)36(22-29)50-7/h20-21,24,27-34,36-37,43-44,49H,8-19,22-23H2,1-7H3/b25-20+,26-21+/t24-,27-,28-,29+,30-,31-,32?,33-,34+,36-,37-,41-/m1/s1. The van der Waals surface area contributed by atoms with E-state index in [1.807, 2.05) is 32.9 Å². The SMILES string of the molecule is CC[C@@H]1/C=C(\C)C[C@H](C)CC[C@@H]2CC[C@@H](C)[C@@](O)(O2)C(=O)C(=O)N2CCCCC2C(=O)O[C@H](/C(C)=C/[C@@H]2CC[C@@H](O)[C@H](OC)C2)[C@H](C)[C@@H](O)CC1=O. The second kappa shape index (κ2) is 18.7. The molecule has 1 saturated carbocycles. The number of piperidine rings is 1. The fourth-order valence-electron chi connectivity index (χ4n) is 8.80. The van der Waals surface area contributed by atoms with Gasteiger partial charge >= 0.3 is 5.97 Å². The summed E-state index contributed by atoms with van der Waals surface area (Å²) in [5.74, 6) is -6.50. The number of ketones is 2. The van der Waals surface area contributed by atoms with Crippen LogP contribution >= 0.6 is 0 Å². The number of hydrogen-bond acceptors (Lipinski definition) is 10. The summed E-state index contributed by atoms with van der Waals surface area (Å²) in [5, 5.41) is 33.6. The first-order valence-corrected chi connectivity index (χ1v) is 19.8. The molecule has 0 spiro atoms. The molecule has 0 aromatic rings. The molecule has 3 fully saturated rings. The third kappa shape index (κ3) is 10.2. The number of carbonyl (C=O) groups excluding carboxylic acids is 4. The van der Waals surface area contributed by atoms with Crippen LogP contribution in [0.5, 0.6) is 0 Å². The van der Waals surface area contributed by atoms with E-state index in [1.165, 1.54) is 4.90 Å². The lowest BCUT2D eigenvalue weighted by Gasteiger charge is -2.42. The smallest absolute Gasteiger partial charge is 0.329 e. The molecule has 0 aromatic carbocycles. The predicted octanol–water partition coefficient (Wildman–Crippen LogP) is 5.22. The predicted molar refractivity (Wildman–Crippen MR) is 196 cm³/mol. The van der Waals surface area contributed by atoms with Crippen LogP contribution in [0.2, 0.25) is 0 Å². The Balaban J connectivity index is 1.71. The van der Waals surface area contributed by atoms with Gasteiger partial charge in [0.15, 0.2) is 0 Å². The Labute approximate surface area is 310 Å². The van der Waals surface area contributed by atoms with Crippen LogP contribution in [0.3, 0.4) is 0 Å². The zero-order valence-electron chi connectivity index (χ0n) is 32.6. The third-order valence-corrected chi connectivity index (χ3v) is 12.3. The fraction of sp³-hybridized carbons (Fsp3) is 0.805. The minimum absolute atomic E-state index is 0.0237. The number of carbonyl (C=O) groups is 4. The van der Waals surface area contributed by atoms with Crippen LogP contribution in [-0.2, 0) is 33.4 Å². The van der Waals surface area contributed by atoms with Gasteiger partial charge in [0.1, 0.15) is 17.9 Å².